The van der Waals surface area contributed by atoms with Crippen LogP contribution in [0.2, 0.25) is 98.2 Å². The van der Waals surface area contributed by atoms with Gasteiger partial charge >= 0.3 is 34.5 Å². The Labute approximate surface area is 194 Å². The number of hydrogen-bond acceptors (Lipinski definition) is 6. The maximum Gasteiger partial charge on any atom is 0.502 e. The van der Waals surface area contributed by atoms with Gasteiger partial charge in [0.25, 0.3) is 0 Å². The molecule has 0 fully saturated rings. The van der Waals surface area contributed by atoms with Crippen molar-refractivity contribution in [2.75, 3.05) is 0 Å². The SMILES string of the molecule is C=C[Si](O[Si](C)(C)O[Si](C)(C)C)(O[Si](C)(C)O[Si](C)(C)C)O[Si](C)(C)O[Si](C)(C)C. The Bertz CT molecular complexity index is 503. The van der Waals surface area contributed by atoms with E-state index in [0.29, 0.717) is 0 Å². The first kappa shape index (κ1) is 31.0. The molecule has 0 saturated heterocycles. The molecule has 0 radical (unpaired) electrons. The topological polar surface area (TPSA) is 55.4 Å². The van der Waals surface area contributed by atoms with E-state index in [1.54, 1.807) is 5.70 Å². The summed E-state index contributed by atoms with van der Waals surface area (Å²) in [7, 11) is -16.4. The Morgan fingerprint density at radius 3 is 0.733 bits per heavy atom. The zero-order valence-electron chi connectivity index (χ0n) is 22.2. The van der Waals surface area contributed by atoms with Crippen LogP contribution >= 0.6 is 0 Å². The van der Waals surface area contributed by atoms with E-state index in [1.807, 2.05) is 0 Å². The van der Waals surface area contributed by atoms with Crippen LogP contribution in [0.5, 0.6) is 0 Å². The standard InChI is InChI=1S/C17H48O6Si7/c1-17-30(21-27(11,12)18-24(2,3)4,22-28(13,14)19-25(5,6)7)23-29(15,16)20-26(8,9)10/h17H,1H2,2-16H3. The van der Waals surface area contributed by atoms with Crippen molar-refractivity contribution in [3.05, 3.63) is 12.3 Å². The minimum absolute atomic E-state index is 1.75. The van der Waals surface area contributed by atoms with Crippen molar-refractivity contribution < 1.29 is 24.7 Å². The number of rotatable bonds is 13. The summed E-state index contributed by atoms with van der Waals surface area (Å²) in [6, 6.07) is 0. The van der Waals surface area contributed by atoms with Gasteiger partial charge in [0.1, 0.15) is 0 Å². The van der Waals surface area contributed by atoms with Gasteiger partial charge in [-0.25, -0.2) is 0 Å². The van der Waals surface area contributed by atoms with Crippen LogP contribution in [0.1, 0.15) is 0 Å². The van der Waals surface area contributed by atoms with Crippen molar-refractivity contribution in [2.45, 2.75) is 98.2 Å². The average molecular weight is 545 g/mol. The Kier molecular flexibility index (Phi) is 10.4. The molecule has 0 spiro atoms. The van der Waals surface area contributed by atoms with E-state index in [-0.39, 0.29) is 0 Å². The summed E-state index contributed by atoms with van der Waals surface area (Å²) in [6.07, 6.45) is 0. The minimum atomic E-state index is -3.33. The van der Waals surface area contributed by atoms with Crippen LogP contribution in [-0.4, -0.2) is 59.4 Å². The van der Waals surface area contributed by atoms with Gasteiger partial charge in [-0.15, -0.1) is 6.58 Å². The van der Waals surface area contributed by atoms with E-state index in [9.17, 15) is 0 Å². The van der Waals surface area contributed by atoms with Crippen LogP contribution in [-0.2, 0) is 24.7 Å². The molecule has 13 heteroatoms. The first-order valence-electron chi connectivity index (χ1n) is 10.6. The predicted molar refractivity (Wildman–Crippen MR) is 145 cm³/mol. The molecule has 0 unspecified atom stereocenters. The van der Waals surface area contributed by atoms with Gasteiger partial charge in [0.2, 0.25) is 0 Å². The second-order valence-electron chi connectivity index (χ2n) is 12.0. The second-order valence-corrected chi connectivity index (χ2v) is 39.5. The van der Waals surface area contributed by atoms with Gasteiger partial charge in [-0.05, 0) is 104 Å². The fourth-order valence-electron chi connectivity index (χ4n) is 3.49. The maximum absolute atomic E-state index is 6.72. The molecule has 0 aromatic rings. The molecule has 0 bridgehead atoms. The molecule has 0 aliphatic heterocycles. The lowest BCUT2D eigenvalue weighted by Gasteiger charge is -2.45. The van der Waals surface area contributed by atoms with E-state index in [1.165, 1.54) is 0 Å². The summed E-state index contributed by atoms with van der Waals surface area (Å²) < 4.78 is 39.5. The molecule has 0 heterocycles. The molecule has 0 aliphatic rings. The highest BCUT2D eigenvalue weighted by Gasteiger charge is 2.54. The fourth-order valence-corrected chi connectivity index (χ4v) is 33.7. The molecule has 0 atom stereocenters. The monoisotopic (exact) mass is 544 g/mol. The molecular formula is C17H48O6Si7. The van der Waals surface area contributed by atoms with Gasteiger partial charge < -0.3 is 24.7 Å². The van der Waals surface area contributed by atoms with Gasteiger partial charge in [0, 0.05) is 0 Å². The van der Waals surface area contributed by atoms with E-state index in [4.69, 9.17) is 24.7 Å². The predicted octanol–water partition coefficient (Wildman–Crippen LogP) is 6.36. The molecule has 180 valence electrons. The maximum atomic E-state index is 6.72. The molecule has 0 rings (SSSR count). The minimum Gasteiger partial charge on any atom is -0.437 e. The third kappa shape index (κ3) is 14.2. The Hall–Kier alpha value is 1.02. The molecule has 30 heavy (non-hydrogen) atoms. The summed E-state index contributed by atoms with van der Waals surface area (Å²) in [6.45, 7) is 36.0. The zero-order valence-corrected chi connectivity index (χ0v) is 29.2. The van der Waals surface area contributed by atoms with E-state index < -0.39 is 59.4 Å². The van der Waals surface area contributed by atoms with Crippen molar-refractivity contribution in [1.29, 1.82) is 0 Å². The van der Waals surface area contributed by atoms with Crippen molar-refractivity contribution in [2.24, 2.45) is 0 Å². The molecule has 0 amide bonds. The molecule has 0 aromatic heterocycles. The molecule has 0 N–H and O–H groups in total. The van der Waals surface area contributed by atoms with Crippen molar-refractivity contribution >= 4 is 59.4 Å². The normalized spacial score (nSPS) is 15.4. The van der Waals surface area contributed by atoms with Crippen molar-refractivity contribution in [1.82, 2.24) is 0 Å². The Morgan fingerprint density at radius 2 is 0.600 bits per heavy atom. The van der Waals surface area contributed by atoms with Crippen LogP contribution in [0.25, 0.3) is 0 Å². The van der Waals surface area contributed by atoms with Crippen molar-refractivity contribution in [3.8, 4) is 0 Å². The highest BCUT2D eigenvalue weighted by molar-refractivity contribution is 6.94. The lowest BCUT2D eigenvalue weighted by Crippen LogP contribution is -2.65. The lowest BCUT2D eigenvalue weighted by molar-refractivity contribution is 0.205. The summed E-state index contributed by atoms with van der Waals surface area (Å²) in [5.74, 6) is 0. The van der Waals surface area contributed by atoms with Crippen molar-refractivity contribution in [3.63, 3.8) is 0 Å². The largest absolute Gasteiger partial charge is 0.502 e. The van der Waals surface area contributed by atoms with Crippen LogP contribution < -0.4 is 0 Å². The summed E-state index contributed by atoms with van der Waals surface area (Å²) >= 11 is 0. The van der Waals surface area contributed by atoms with Crippen LogP contribution in [0.4, 0.5) is 0 Å². The van der Waals surface area contributed by atoms with Gasteiger partial charge in [0.15, 0.2) is 25.0 Å². The molecular weight excluding hydrogens is 497 g/mol. The van der Waals surface area contributed by atoms with E-state index >= 15 is 0 Å². The van der Waals surface area contributed by atoms with Crippen LogP contribution in [0.15, 0.2) is 12.3 Å². The van der Waals surface area contributed by atoms with Gasteiger partial charge in [-0.2, -0.15) is 0 Å². The zero-order chi connectivity index (χ0) is 24.4. The smallest absolute Gasteiger partial charge is 0.437 e. The summed E-state index contributed by atoms with van der Waals surface area (Å²) in [5.41, 5.74) is 1.75. The van der Waals surface area contributed by atoms with E-state index in [0.717, 1.165) is 0 Å². The Balaban J connectivity index is 6.12. The average Bonchev–Trinajstić information content (AvgIpc) is 2.25. The van der Waals surface area contributed by atoms with Crippen LogP contribution in [0.3, 0.4) is 0 Å². The highest BCUT2D eigenvalue weighted by atomic mass is 28.5. The quantitative estimate of drug-likeness (QED) is 0.251. The van der Waals surface area contributed by atoms with Gasteiger partial charge in [-0.1, -0.05) is 0 Å². The molecule has 0 aliphatic carbocycles. The Morgan fingerprint density at radius 1 is 0.400 bits per heavy atom. The summed E-state index contributed by atoms with van der Waals surface area (Å²) in [4.78, 5) is 0. The second kappa shape index (κ2) is 10.1. The van der Waals surface area contributed by atoms with Gasteiger partial charge in [0.05, 0.1) is 0 Å². The third-order valence-electron chi connectivity index (χ3n) is 3.07. The summed E-state index contributed by atoms with van der Waals surface area (Å²) in [5, 5.41) is 0. The van der Waals surface area contributed by atoms with Crippen LogP contribution in [0, 0.1) is 0 Å². The molecule has 6 nitrogen and oxygen atoms in total. The number of hydrogen-bond donors (Lipinski definition) is 0. The fraction of sp³-hybridized carbons (Fsp3) is 0.882. The van der Waals surface area contributed by atoms with Gasteiger partial charge in [-0.3, -0.25) is 0 Å². The lowest BCUT2D eigenvalue weighted by atomic mass is 11.3. The molecule has 0 saturated carbocycles. The first-order chi connectivity index (χ1) is 12.8. The first-order valence-corrected chi connectivity index (χ1v) is 31.1. The third-order valence-corrected chi connectivity index (χ3v) is 26.1. The highest BCUT2D eigenvalue weighted by Crippen LogP contribution is 2.31. The van der Waals surface area contributed by atoms with E-state index in [2.05, 4.69) is 105 Å². The molecule has 0 aromatic carbocycles.